The van der Waals surface area contributed by atoms with Gasteiger partial charge in [-0.25, -0.2) is 14.8 Å². The van der Waals surface area contributed by atoms with Gasteiger partial charge < -0.3 is 29.8 Å². The largest absolute Gasteiger partial charge is 0.465 e. The Labute approximate surface area is 298 Å². The van der Waals surface area contributed by atoms with E-state index >= 15 is 0 Å². The summed E-state index contributed by atoms with van der Waals surface area (Å²) in [5.74, 6) is 0.832. The number of rotatable bonds is 16. The molecule has 2 amide bonds. The Hall–Kier alpha value is -5.30. The van der Waals surface area contributed by atoms with Gasteiger partial charge in [-0.1, -0.05) is 32.3 Å². The number of unbranched alkanes of at least 4 members (excludes halogenated alkanes) is 3. The molecule has 0 saturated carbocycles. The van der Waals surface area contributed by atoms with Crippen LogP contribution in [0.2, 0.25) is 0 Å². The lowest BCUT2D eigenvalue weighted by Crippen LogP contribution is -2.34. The molecule has 0 spiro atoms. The molecule has 13 heteroatoms. The number of aromatic nitrogens is 3. The van der Waals surface area contributed by atoms with E-state index in [0.717, 1.165) is 62.2 Å². The Morgan fingerprint density at radius 1 is 1.06 bits per heavy atom. The standard InChI is InChI=1S/C38H47N7O6/c1-3-4-5-8-22-50-38(48)43-36(39)28-12-15-30(16-13-28)41-24-34-42-31-23-29(14-17-32(31)44(34)2)37(47)45(33-11-6-7-19-40-33)20-18-35(46)51-26-27-10-9-21-49-25-27/h6-7,11-17,19,23,27,41H,3-5,8-10,18,20-22,24-26H2,1-2H3,(H2,39,43,48). The molecule has 1 aliphatic heterocycles. The van der Waals surface area contributed by atoms with E-state index in [1.54, 1.807) is 48.7 Å². The Kier molecular flexibility index (Phi) is 13.5. The summed E-state index contributed by atoms with van der Waals surface area (Å²) in [4.78, 5) is 53.0. The van der Waals surface area contributed by atoms with E-state index in [0.29, 0.717) is 48.8 Å². The molecule has 3 heterocycles. The zero-order chi connectivity index (χ0) is 36.0. The molecule has 0 bridgehead atoms. The van der Waals surface area contributed by atoms with Crippen molar-refractivity contribution in [2.75, 3.05) is 43.2 Å². The summed E-state index contributed by atoms with van der Waals surface area (Å²) in [5, 5.41) is 3.36. The van der Waals surface area contributed by atoms with Crippen LogP contribution in [0.3, 0.4) is 0 Å². The molecule has 1 aliphatic rings. The second-order valence-corrected chi connectivity index (χ2v) is 12.6. The van der Waals surface area contributed by atoms with Gasteiger partial charge >= 0.3 is 12.1 Å². The lowest BCUT2D eigenvalue weighted by atomic mass is 10.0. The van der Waals surface area contributed by atoms with E-state index in [4.69, 9.17) is 24.9 Å². The number of ether oxygens (including phenoxy) is 3. The summed E-state index contributed by atoms with van der Waals surface area (Å²) in [6, 6.07) is 17.9. The fourth-order valence-corrected chi connectivity index (χ4v) is 5.78. The monoisotopic (exact) mass is 697 g/mol. The number of carbonyl (C=O) groups is 3. The molecule has 4 aromatic rings. The molecule has 5 rings (SSSR count). The summed E-state index contributed by atoms with van der Waals surface area (Å²) < 4.78 is 18.1. The first-order chi connectivity index (χ1) is 24.8. The predicted molar refractivity (Wildman–Crippen MR) is 196 cm³/mol. The third-order valence-corrected chi connectivity index (χ3v) is 8.73. The molecule has 1 atom stereocenters. The fourth-order valence-electron chi connectivity index (χ4n) is 5.78. The van der Waals surface area contributed by atoms with Crippen molar-refractivity contribution >= 4 is 46.3 Å². The molecule has 2 aromatic heterocycles. The van der Waals surface area contributed by atoms with Gasteiger partial charge in [0.2, 0.25) is 0 Å². The minimum atomic E-state index is -0.691. The third kappa shape index (κ3) is 10.6. The van der Waals surface area contributed by atoms with Crippen LogP contribution in [-0.4, -0.2) is 71.3 Å². The summed E-state index contributed by atoms with van der Waals surface area (Å²) in [7, 11) is 1.92. The highest BCUT2D eigenvalue weighted by molar-refractivity contribution is 6.07. The highest BCUT2D eigenvalue weighted by Gasteiger charge is 2.22. The number of hydrogen-bond acceptors (Lipinski definition) is 9. The number of benzene rings is 2. The van der Waals surface area contributed by atoms with Crippen molar-refractivity contribution in [2.45, 2.75) is 58.4 Å². The highest BCUT2D eigenvalue weighted by Crippen LogP contribution is 2.22. The smallest absolute Gasteiger partial charge is 0.435 e. The van der Waals surface area contributed by atoms with Gasteiger partial charge in [0.05, 0.1) is 43.8 Å². The minimum Gasteiger partial charge on any atom is -0.465 e. The lowest BCUT2D eigenvalue weighted by molar-refractivity contribution is -0.146. The van der Waals surface area contributed by atoms with E-state index in [2.05, 4.69) is 22.2 Å². The van der Waals surface area contributed by atoms with Gasteiger partial charge in [0.1, 0.15) is 17.5 Å². The number of esters is 1. The number of aryl methyl sites for hydroxylation is 1. The number of fused-ring (bicyclic) bond motifs is 1. The Morgan fingerprint density at radius 3 is 2.63 bits per heavy atom. The van der Waals surface area contributed by atoms with Crippen LogP contribution < -0.4 is 16.0 Å². The van der Waals surface area contributed by atoms with Gasteiger partial charge in [0, 0.05) is 49.1 Å². The Morgan fingerprint density at radius 2 is 1.88 bits per heavy atom. The van der Waals surface area contributed by atoms with Crippen molar-refractivity contribution in [3.05, 3.63) is 83.8 Å². The van der Waals surface area contributed by atoms with Crippen molar-refractivity contribution in [2.24, 2.45) is 23.7 Å². The van der Waals surface area contributed by atoms with Crippen molar-refractivity contribution in [1.82, 2.24) is 14.5 Å². The van der Waals surface area contributed by atoms with Gasteiger partial charge in [-0.15, -0.1) is 0 Å². The lowest BCUT2D eigenvalue weighted by Gasteiger charge is -2.23. The van der Waals surface area contributed by atoms with E-state index in [1.165, 1.54) is 4.90 Å². The number of imidazole rings is 1. The second-order valence-electron chi connectivity index (χ2n) is 12.6. The van der Waals surface area contributed by atoms with Crippen LogP contribution in [0.25, 0.3) is 11.0 Å². The SMILES string of the molecule is CCCCCCOC(=O)N=C(N)c1ccc(NCc2nc3cc(C(=O)N(CCC(=O)OCC4CCCOC4)c4ccccn4)ccc3n2C)cc1. The maximum Gasteiger partial charge on any atom is 0.435 e. The average Bonchev–Trinajstić information content (AvgIpc) is 3.48. The van der Waals surface area contributed by atoms with E-state index in [-0.39, 0.29) is 36.6 Å². The second kappa shape index (κ2) is 18.6. The van der Waals surface area contributed by atoms with Crippen molar-refractivity contribution in [3.8, 4) is 0 Å². The fraction of sp³-hybridized carbons (Fsp3) is 0.421. The van der Waals surface area contributed by atoms with Crippen LogP contribution in [0.4, 0.5) is 16.3 Å². The number of aliphatic imine (C=N–C) groups is 1. The molecule has 0 aliphatic carbocycles. The maximum absolute atomic E-state index is 13.9. The van der Waals surface area contributed by atoms with E-state index in [9.17, 15) is 14.4 Å². The molecule has 1 unspecified atom stereocenters. The number of anilines is 2. The Bertz CT molecular complexity index is 1790. The quantitative estimate of drug-likeness (QED) is 0.0614. The van der Waals surface area contributed by atoms with Crippen LogP contribution in [0, 0.1) is 5.92 Å². The topological polar surface area (TPSA) is 163 Å². The molecule has 0 radical (unpaired) electrons. The van der Waals surface area contributed by atoms with Crippen LogP contribution in [0.1, 0.15) is 73.6 Å². The first-order valence-corrected chi connectivity index (χ1v) is 17.6. The van der Waals surface area contributed by atoms with Crippen LogP contribution in [-0.2, 0) is 32.6 Å². The normalized spacial score (nSPS) is 14.6. The van der Waals surface area contributed by atoms with Gasteiger partial charge in [-0.3, -0.25) is 14.5 Å². The van der Waals surface area contributed by atoms with Crippen molar-refractivity contribution in [3.63, 3.8) is 0 Å². The maximum atomic E-state index is 13.9. The minimum absolute atomic E-state index is 0.0314. The summed E-state index contributed by atoms with van der Waals surface area (Å²) in [5.41, 5.74) is 9.41. The molecule has 1 fully saturated rings. The molecule has 1 saturated heterocycles. The molecule has 2 aromatic carbocycles. The molecule has 3 N–H and O–H groups in total. The zero-order valence-electron chi connectivity index (χ0n) is 29.4. The molecular weight excluding hydrogens is 650 g/mol. The van der Waals surface area contributed by atoms with Crippen LogP contribution >= 0.6 is 0 Å². The number of nitrogens with zero attached hydrogens (tertiary/aromatic N) is 5. The average molecular weight is 698 g/mol. The van der Waals surface area contributed by atoms with Gasteiger partial charge in [-0.2, -0.15) is 4.99 Å². The van der Waals surface area contributed by atoms with Crippen molar-refractivity contribution < 1.29 is 28.6 Å². The molecule has 51 heavy (non-hydrogen) atoms. The van der Waals surface area contributed by atoms with Crippen LogP contribution in [0.5, 0.6) is 0 Å². The van der Waals surface area contributed by atoms with Gasteiger partial charge in [0.15, 0.2) is 0 Å². The zero-order valence-corrected chi connectivity index (χ0v) is 29.4. The summed E-state index contributed by atoms with van der Waals surface area (Å²) >= 11 is 0. The number of nitrogens with two attached hydrogens (primary N) is 1. The van der Waals surface area contributed by atoms with E-state index < -0.39 is 6.09 Å². The summed E-state index contributed by atoms with van der Waals surface area (Å²) in [6.07, 6.45) is 6.92. The van der Waals surface area contributed by atoms with Gasteiger partial charge in [-0.05, 0) is 73.9 Å². The molecule has 13 nitrogen and oxygen atoms in total. The van der Waals surface area contributed by atoms with Crippen molar-refractivity contribution in [1.29, 1.82) is 0 Å². The first-order valence-electron chi connectivity index (χ1n) is 17.6. The molecule has 270 valence electrons. The number of amidine groups is 1. The predicted octanol–water partition coefficient (Wildman–Crippen LogP) is 6.01. The number of nitrogens with one attached hydrogen (secondary N) is 1. The van der Waals surface area contributed by atoms with E-state index in [1.807, 2.05) is 29.8 Å². The van der Waals surface area contributed by atoms with Crippen LogP contribution in [0.15, 0.2) is 71.9 Å². The number of hydrogen-bond donors (Lipinski definition) is 2. The first kappa shape index (κ1) is 37.0. The number of carbonyl (C=O) groups excluding carboxylic acids is 3. The number of pyridine rings is 1. The third-order valence-electron chi connectivity index (χ3n) is 8.73. The highest BCUT2D eigenvalue weighted by atomic mass is 16.5. The molecular formula is C38H47N7O6. The number of amides is 2. The summed E-state index contributed by atoms with van der Waals surface area (Å²) in [6.45, 7) is 4.64. The van der Waals surface area contributed by atoms with Gasteiger partial charge in [0.25, 0.3) is 5.91 Å². The Balaban J connectivity index is 1.19.